The van der Waals surface area contributed by atoms with Gasteiger partial charge in [-0.15, -0.1) is 0 Å². The number of halogens is 3. The minimum Gasteiger partial charge on any atom is -0.460 e. The quantitative estimate of drug-likeness (QED) is 0.112. The van der Waals surface area contributed by atoms with Crippen LogP contribution in [0.3, 0.4) is 0 Å². The van der Waals surface area contributed by atoms with Gasteiger partial charge in [-0.1, -0.05) is 24.3 Å². The van der Waals surface area contributed by atoms with Crippen LogP contribution in [0.1, 0.15) is 77.4 Å². The molecule has 1 fully saturated rings. The highest BCUT2D eigenvalue weighted by Gasteiger charge is 2.30. The van der Waals surface area contributed by atoms with Crippen LogP contribution >= 0.6 is 11.8 Å². The molecule has 3 aromatic carbocycles. The molecule has 0 atom stereocenters. The molecule has 2 heterocycles. The Kier molecular flexibility index (Phi) is 12.1. The van der Waals surface area contributed by atoms with Crippen LogP contribution in [0.4, 0.5) is 24.5 Å². The van der Waals surface area contributed by atoms with Gasteiger partial charge in [0.25, 0.3) is 11.8 Å². The average Bonchev–Trinajstić information content (AvgIpc) is 3.64. The number of nitrogens with one attached hydrogen (secondary N) is 2. The molecular formula is C39H41F3N4O4S. The first-order valence-electron chi connectivity index (χ1n) is 16.7. The lowest BCUT2D eigenvalue weighted by Crippen LogP contribution is -2.24. The standard InChI is InChI=1S/C39H41F3N4O4S/c1-38(2,3)50-35(47)15-19-51-25-27-9-6-10-28(20-27)37(49)45-33-13-12-31(46-17-4-5-18-46)23-32(33)34-22-29(14-16-43-34)36(48)44-24-26-8-7-11-30(21-26)39(40,41)42/h6-14,16,20-23H,4-5,15,17-19,24-25H2,1-3H3,(H,44,48)(H,45,49). The number of aromatic nitrogens is 1. The monoisotopic (exact) mass is 718 g/mol. The molecule has 5 rings (SSSR count). The summed E-state index contributed by atoms with van der Waals surface area (Å²) in [5.41, 5.74) is 3.23. The molecule has 4 aromatic rings. The van der Waals surface area contributed by atoms with E-state index in [-0.39, 0.29) is 24.0 Å². The van der Waals surface area contributed by atoms with Gasteiger partial charge in [0.15, 0.2) is 0 Å². The molecule has 268 valence electrons. The molecular weight excluding hydrogens is 678 g/mol. The van der Waals surface area contributed by atoms with Crippen molar-refractivity contribution in [3.05, 3.63) is 113 Å². The number of benzene rings is 3. The molecule has 0 aliphatic carbocycles. The Morgan fingerprint density at radius 3 is 2.33 bits per heavy atom. The molecule has 2 amide bonds. The van der Waals surface area contributed by atoms with Crippen LogP contribution in [0.2, 0.25) is 0 Å². The van der Waals surface area contributed by atoms with Crippen LogP contribution in [0.25, 0.3) is 11.3 Å². The van der Waals surface area contributed by atoms with E-state index >= 15 is 0 Å². The van der Waals surface area contributed by atoms with Crippen LogP contribution in [-0.2, 0) is 28.0 Å². The predicted molar refractivity (Wildman–Crippen MR) is 195 cm³/mol. The van der Waals surface area contributed by atoms with Gasteiger partial charge < -0.3 is 20.3 Å². The van der Waals surface area contributed by atoms with Gasteiger partial charge in [-0.25, -0.2) is 0 Å². The Hall–Kier alpha value is -4.84. The number of carbonyl (C=O) groups excluding carboxylic acids is 3. The number of alkyl halides is 3. The van der Waals surface area contributed by atoms with Crippen molar-refractivity contribution in [2.45, 2.75) is 64.1 Å². The summed E-state index contributed by atoms with van der Waals surface area (Å²) in [5, 5.41) is 5.73. The van der Waals surface area contributed by atoms with Crippen molar-refractivity contribution >= 4 is 40.9 Å². The molecule has 8 nitrogen and oxygen atoms in total. The fourth-order valence-corrected chi connectivity index (χ4v) is 6.49. The van der Waals surface area contributed by atoms with E-state index in [0.717, 1.165) is 49.3 Å². The summed E-state index contributed by atoms with van der Waals surface area (Å²) in [6.45, 7) is 7.22. The second-order valence-corrected chi connectivity index (χ2v) is 14.4. The van der Waals surface area contributed by atoms with Crippen molar-refractivity contribution < 1.29 is 32.3 Å². The lowest BCUT2D eigenvalue weighted by atomic mass is 10.0. The minimum absolute atomic E-state index is 0.0898. The summed E-state index contributed by atoms with van der Waals surface area (Å²) in [5.74, 6) is 0.170. The van der Waals surface area contributed by atoms with Crippen LogP contribution < -0.4 is 15.5 Å². The van der Waals surface area contributed by atoms with Crippen molar-refractivity contribution in [1.29, 1.82) is 0 Å². The number of esters is 1. The van der Waals surface area contributed by atoms with Gasteiger partial charge in [0.1, 0.15) is 5.60 Å². The minimum atomic E-state index is -4.48. The van der Waals surface area contributed by atoms with Gasteiger partial charge in [-0.05, 0) is 99.3 Å². The van der Waals surface area contributed by atoms with Crippen LogP contribution in [0.5, 0.6) is 0 Å². The maximum absolute atomic E-state index is 13.6. The second-order valence-electron chi connectivity index (χ2n) is 13.3. The second kappa shape index (κ2) is 16.5. The Morgan fingerprint density at radius 1 is 0.863 bits per heavy atom. The van der Waals surface area contributed by atoms with Gasteiger partial charge in [-0.3, -0.25) is 19.4 Å². The fourth-order valence-electron chi connectivity index (χ4n) is 5.62. The number of rotatable bonds is 12. The van der Waals surface area contributed by atoms with Crippen molar-refractivity contribution in [1.82, 2.24) is 10.3 Å². The smallest absolute Gasteiger partial charge is 0.416 e. The maximum Gasteiger partial charge on any atom is 0.416 e. The number of carbonyl (C=O) groups is 3. The third-order valence-corrected chi connectivity index (χ3v) is 9.09. The molecule has 1 saturated heterocycles. The van der Waals surface area contributed by atoms with Crippen LogP contribution in [0, 0.1) is 0 Å². The highest BCUT2D eigenvalue weighted by atomic mass is 32.2. The van der Waals surface area contributed by atoms with Crippen molar-refractivity contribution in [3.8, 4) is 11.3 Å². The topological polar surface area (TPSA) is 101 Å². The van der Waals surface area contributed by atoms with Gasteiger partial charge in [-0.2, -0.15) is 24.9 Å². The Labute approximate surface area is 300 Å². The Morgan fingerprint density at radius 2 is 1.59 bits per heavy atom. The number of hydrogen-bond acceptors (Lipinski definition) is 7. The number of anilines is 2. The summed E-state index contributed by atoms with van der Waals surface area (Å²) in [7, 11) is 0. The van der Waals surface area contributed by atoms with E-state index in [9.17, 15) is 27.6 Å². The number of pyridine rings is 1. The van der Waals surface area contributed by atoms with E-state index in [1.165, 1.54) is 24.4 Å². The molecule has 0 bridgehead atoms. The molecule has 1 aliphatic heterocycles. The molecule has 2 N–H and O–H groups in total. The van der Waals surface area contributed by atoms with Crippen LogP contribution in [0.15, 0.2) is 85.1 Å². The van der Waals surface area contributed by atoms with Gasteiger partial charge in [0.2, 0.25) is 0 Å². The predicted octanol–water partition coefficient (Wildman–Crippen LogP) is 8.51. The van der Waals surface area contributed by atoms with E-state index in [1.54, 1.807) is 23.9 Å². The average molecular weight is 719 g/mol. The Bertz CT molecular complexity index is 1870. The van der Waals surface area contributed by atoms with Gasteiger partial charge in [0, 0.05) is 59.7 Å². The summed E-state index contributed by atoms with van der Waals surface area (Å²) in [6.07, 6.45) is -0.548. The highest BCUT2D eigenvalue weighted by Crippen LogP contribution is 2.34. The first-order chi connectivity index (χ1) is 24.2. The van der Waals surface area contributed by atoms with E-state index in [0.29, 0.717) is 46.0 Å². The van der Waals surface area contributed by atoms with Crippen LogP contribution in [-0.4, -0.2) is 47.2 Å². The first kappa shape index (κ1) is 37.4. The van der Waals surface area contributed by atoms with E-state index < -0.39 is 23.2 Å². The number of nitrogens with zero attached hydrogens (tertiary/aromatic N) is 2. The summed E-state index contributed by atoms with van der Waals surface area (Å²) in [4.78, 5) is 45.6. The lowest BCUT2D eigenvalue weighted by Gasteiger charge is -2.20. The van der Waals surface area contributed by atoms with E-state index in [2.05, 4.69) is 20.5 Å². The third kappa shape index (κ3) is 10.8. The molecule has 51 heavy (non-hydrogen) atoms. The summed E-state index contributed by atoms with van der Waals surface area (Å²) >= 11 is 1.58. The van der Waals surface area contributed by atoms with Gasteiger partial charge in [0.05, 0.1) is 23.4 Å². The number of thioether (sulfide) groups is 1. The third-order valence-electron chi connectivity index (χ3n) is 8.06. The Balaban J connectivity index is 1.31. The zero-order valence-corrected chi connectivity index (χ0v) is 29.6. The van der Waals surface area contributed by atoms with Crippen molar-refractivity contribution in [2.24, 2.45) is 0 Å². The molecule has 1 aromatic heterocycles. The number of amides is 2. The SMILES string of the molecule is CC(C)(C)OC(=O)CCSCc1cccc(C(=O)Nc2ccc(N3CCCC3)cc2-c2cc(C(=O)NCc3cccc(C(F)(F)F)c3)ccn2)c1. The normalized spacial score (nSPS) is 13.2. The number of hydrogen-bond donors (Lipinski definition) is 2. The van der Waals surface area contributed by atoms with Gasteiger partial charge >= 0.3 is 12.1 Å². The molecule has 0 radical (unpaired) electrons. The van der Waals surface area contributed by atoms with Crippen molar-refractivity contribution in [2.75, 3.05) is 29.1 Å². The van der Waals surface area contributed by atoms with Crippen molar-refractivity contribution in [3.63, 3.8) is 0 Å². The number of ether oxygens (including phenoxy) is 1. The largest absolute Gasteiger partial charge is 0.460 e. The van der Waals surface area contributed by atoms with E-state index in [1.807, 2.05) is 57.2 Å². The van der Waals surface area contributed by atoms with E-state index in [4.69, 9.17) is 4.74 Å². The highest BCUT2D eigenvalue weighted by molar-refractivity contribution is 7.98. The molecule has 0 saturated carbocycles. The molecule has 0 spiro atoms. The summed E-state index contributed by atoms with van der Waals surface area (Å²) in [6, 6.07) is 21.0. The fraction of sp³-hybridized carbons (Fsp3) is 0.333. The molecule has 12 heteroatoms. The zero-order valence-electron chi connectivity index (χ0n) is 28.8. The first-order valence-corrected chi connectivity index (χ1v) is 17.9. The zero-order chi connectivity index (χ0) is 36.6. The maximum atomic E-state index is 13.6. The summed E-state index contributed by atoms with van der Waals surface area (Å²) < 4.78 is 44.9. The molecule has 0 unspecified atom stereocenters. The lowest BCUT2D eigenvalue weighted by molar-refractivity contribution is -0.154. The molecule has 1 aliphatic rings.